The first-order valence-corrected chi connectivity index (χ1v) is 7.22. The molecule has 0 bridgehead atoms. The van der Waals surface area contributed by atoms with Crippen molar-refractivity contribution in [3.05, 3.63) is 41.6 Å². The molecular weight excluding hydrogens is 264 g/mol. The van der Waals surface area contributed by atoms with Gasteiger partial charge in [0, 0.05) is 31.3 Å². The molecule has 0 saturated heterocycles. The lowest BCUT2D eigenvalue weighted by molar-refractivity contribution is 0.229. The van der Waals surface area contributed by atoms with Crippen LogP contribution in [0.4, 0.5) is 11.8 Å². The molecule has 2 aromatic rings. The SMILES string of the molecule is CNc1cc(C)nc(NC[C@H]2COc3ccccc3C2)n1. The zero-order valence-electron chi connectivity index (χ0n) is 12.4. The summed E-state index contributed by atoms with van der Waals surface area (Å²) in [6.45, 7) is 3.50. The number of nitrogens with zero attached hydrogens (tertiary/aromatic N) is 2. The molecule has 0 unspecified atom stereocenters. The zero-order valence-corrected chi connectivity index (χ0v) is 12.4. The molecule has 3 rings (SSSR count). The van der Waals surface area contributed by atoms with E-state index < -0.39 is 0 Å². The van der Waals surface area contributed by atoms with Gasteiger partial charge in [0.1, 0.15) is 11.6 Å². The van der Waals surface area contributed by atoms with Crippen LogP contribution in [-0.4, -0.2) is 30.2 Å². The van der Waals surface area contributed by atoms with Crippen molar-refractivity contribution in [2.75, 3.05) is 30.8 Å². The maximum absolute atomic E-state index is 5.80. The van der Waals surface area contributed by atoms with Gasteiger partial charge in [-0.15, -0.1) is 0 Å². The second-order valence-electron chi connectivity index (χ2n) is 5.34. The van der Waals surface area contributed by atoms with Gasteiger partial charge < -0.3 is 15.4 Å². The number of benzene rings is 1. The molecule has 0 fully saturated rings. The van der Waals surface area contributed by atoms with Crippen molar-refractivity contribution in [1.29, 1.82) is 0 Å². The van der Waals surface area contributed by atoms with E-state index in [1.807, 2.05) is 32.2 Å². The molecular formula is C16H20N4O. The highest BCUT2D eigenvalue weighted by Crippen LogP contribution is 2.26. The fourth-order valence-corrected chi connectivity index (χ4v) is 2.53. The molecule has 0 spiro atoms. The van der Waals surface area contributed by atoms with Crippen LogP contribution in [0.2, 0.25) is 0 Å². The van der Waals surface area contributed by atoms with Gasteiger partial charge in [-0.1, -0.05) is 18.2 Å². The minimum Gasteiger partial charge on any atom is -0.493 e. The molecule has 2 N–H and O–H groups in total. The normalized spacial score (nSPS) is 16.8. The van der Waals surface area contributed by atoms with E-state index in [1.165, 1.54) is 5.56 Å². The van der Waals surface area contributed by atoms with E-state index in [-0.39, 0.29) is 0 Å². The summed E-state index contributed by atoms with van der Waals surface area (Å²) in [5.74, 6) is 2.94. The molecule has 1 aliphatic heterocycles. The quantitative estimate of drug-likeness (QED) is 0.903. The van der Waals surface area contributed by atoms with Crippen molar-refractivity contribution < 1.29 is 4.74 Å². The summed E-state index contributed by atoms with van der Waals surface area (Å²) in [7, 11) is 1.86. The maximum atomic E-state index is 5.80. The number of nitrogens with one attached hydrogen (secondary N) is 2. The molecule has 2 heterocycles. The second kappa shape index (κ2) is 5.99. The van der Waals surface area contributed by atoms with Crippen LogP contribution < -0.4 is 15.4 Å². The van der Waals surface area contributed by atoms with Crippen molar-refractivity contribution in [2.24, 2.45) is 5.92 Å². The van der Waals surface area contributed by atoms with E-state index in [2.05, 4.69) is 32.7 Å². The van der Waals surface area contributed by atoms with Crippen LogP contribution in [0.5, 0.6) is 5.75 Å². The number of anilines is 2. The molecule has 0 amide bonds. The van der Waals surface area contributed by atoms with Gasteiger partial charge in [-0.2, -0.15) is 4.98 Å². The van der Waals surface area contributed by atoms with E-state index >= 15 is 0 Å². The Kier molecular flexibility index (Phi) is 3.90. The molecule has 1 atom stereocenters. The van der Waals surface area contributed by atoms with Gasteiger partial charge >= 0.3 is 0 Å². The number of aromatic nitrogens is 2. The van der Waals surface area contributed by atoms with Gasteiger partial charge in [0.25, 0.3) is 0 Å². The number of aryl methyl sites for hydroxylation is 1. The molecule has 1 aromatic heterocycles. The Balaban J connectivity index is 1.63. The van der Waals surface area contributed by atoms with Crippen molar-refractivity contribution >= 4 is 11.8 Å². The molecule has 0 saturated carbocycles. The number of hydrogen-bond donors (Lipinski definition) is 2. The topological polar surface area (TPSA) is 59.1 Å². The molecule has 1 aliphatic rings. The van der Waals surface area contributed by atoms with Crippen molar-refractivity contribution in [2.45, 2.75) is 13.3 Å². The predicted octanol–water partition coefficient (Wildman–Crippen LogP) is 2.49. The summed E-state index contributed by atoms with van der Waals surface area (Å²) in [6, 6.07) is 10.1. The van der Waals surface area contributed by atoms with Crippen molar-refractivity contribution in [3.63, 3.8) is 0 Å². The Labute approximate surface area is 124 Å². The van der Waals surface area contributed by atoms with Crippen LogP contribution in [0.1, 0.15) is 11.3 Å². The predicted molar refractivity (Wildman–Crippen MR) is 83.9 cm³/mol. The van der Waals surface area contributed by atoms with Gasteiger partial charge in [-0.05, 0) is 25.0 Å². The molecule has 5 heteroatoms. The number of ether oxygens (including phenoxy) is 1. The van der Waals surface area contributed by atoms with Crippen LogP contribution in [0, 0.1) is 12.8 Å². The highest BCUT2D eigenvalue weighted by Gasteiger charge is 2.19. The largest absolute Gasteiger partial charge is 0.493 e. The highest BCUT2D eigenvalue weighted by molar-refractivity contribution is 5.41. The van der Waals surface area contributed by atoms with Gasteiger partial charge in [0.2, 0.25) is 5.95 Å². The molecule has 0 aliphatic carbocycles. The maximum Gasteiger partial charge on any atom is 0.224 e. The van der Waals surface area contributed by atoms with E-state index in [9.17, 15) is 0 Å². The number of para-hydroxylation sites is 1. The van der Waals surface area contributed by atoms with Crippen LogP contribution >= 0.6 is 0 Å². The molecule has 21 heavy (non-hydrogen) atoms. The number of rotatable bonds is 4. The first-order valence-electron chi connectivity index (χ1n) is 7.22. The average molecular weight is 284 g/mol. The lowest BCUT2D eigenvalue weighted by atomic mass is 9.97. The summed E-state index contributed by atoms with van der Waals surface area (Å²) in [5.41, 5.74) is 2.22. The molecule has 1 aromatic carbocycles. The van der Waals surface area contributed by atoms with E-state index in [4.69, 9.17) is 4.74 Å². The number of hydrogen-bond acceptors (Lipinski definition) is 5. The van der Waals surface area contributed by atoms with Gasteiger partial charge in [0.15, 0.2) is 0 Å². The minimum atomic E-state index is 0.432. The van der Waals surface area contributed by atoms with E-state index in [0.717, 1.165) is 36.8 Å². The number of fused-ring (bicyclic) bond motifs is 1. The zero-order chi connectivity index (χ0) is 14.7. The Morgan fingerprint density at radius 3 is 3.00 bits per heavy atom. The second-order valence-corrected chi connectivity index (χ2v) is 5.34. The van der Waals surface area contributed by atoms with E-state index in [0.29, 0.717) is 11.9 Å². The third kappa shape index (κ3) is 3.24. The first kappa shape index (κ1) is 13.7. The molecule has 0 radical (unpaired) electrons. The fraction of sp³-hybridized carbons (Fsp3) is 0.375. The summed E-state index contributed by atoms with van der Waals surface area (Å²) < 4.78 is 5.80. The molecule has 110 valence electrons. The lowest BCUT2D eigenvalue weighted by Crippen LogP contribution is -2.27. The molecule has 5 nitrogen and oxygen atoms in total. The summed E-state index contributed by atoms with van der Waals surface area (Å²) in [4.78, 5) is 8.81. The van der Waals surface area contributed by atoms with Gasteiger partial charge in [-0.3, -0.25) is 0 Å². The van der Waals surface area contributed by atoms with Crippen LogP contribution in [0.25, 0.3) is 0 Å². The average Bonchev–Trinajstić information content (AvgIpc) is 2.52. The first-order chi connectivity index (χ1) is 10.2. The van der Waals surface area contributed by atoms with Crippen LogP contribution in [0.15, 0.2) is 30.3 Å². The Morgan fingerprint density at radius 2 is 2.14 bits per heavy atom. The summed E-state index contributed by atoms with van der Waals surface area (Å²) in [6.07, 6.45) is 1.02. The smallest absolute Gasteiger partial charge is 0.224 e. The summed E-state index contributed by atoms with van der Waals surface area (Å²) in [5, 5.41) is 6.36. The lowest BCUT2D eigenvalue weighted by Gasteiger charge is -2.25. The van der Waals surface area contributed by atoms with Gasteiger partial charge in [-0.25, -0.2) is 4.98 Å². The summed E-state index contributed by atoms with van der Waals surface area (Å²) >= 11 is 0. The third-order valence-corrected chi connectivity index (χ3v) is 3.61. The standard InChI is InChI=1S/C16H20N4O/c1-11-7-15(17-2)20-16(19-11)18-9-12-8-13-5-3-4-6-14(13)21-10-12/h3-7,12H,8-10H2,1-2H3,(H2,17,18,19,20)/t12-/m0/s1. The van der Waals surface area contributed by atoms with Crippen molar-refractivity contribution in [1.82, 2.24) is 9.97 Å². The highest BCUT2D eigenvalue weighted by atomic mass is 16.5. The van der Waals surface area contributed by atoms with Crippen LogP contribution in [0.3, 0.4) is 0 Å². The monoisotopic (exact) mass is 284 g/mol. The fourth-order valence-electron chi connectivity index (χ4n) is 2.53. The Bertz CT molecular complexity index is 629. The Hall–Kier alpha value is -2.30. The third-order valence-electron chi connectivity index (χ3n) is 3.61. The van der Waals surface area contributed by atoms with E-state index in [1.54, 1.807) is 0 Å². The Morgan fingerprint density at radius 1 is 1.29 bits per heavy atom. The van der Waals surface area contributed by atoms with Crippen molar-refractivity contribution in [3.8, 4) is 5.75 Å². The minimum absolute atomic E-state index is 0.432. The van der Waals surface area contributed by atoms with Gasteiger partial charge in [0.05, 0.1) is 6.61 Å². The van der Waals surface area contributed by atoms with Crippen LogP contribution in [-0.2, 0) is 6.42 Å².